The Kier molecular flexibility index (Phi) is 3.06. The molecule has 0 bridgehead atoms. The molecule has 0 fully saturated rings. The van der Waals surface area contributed by atoms with E-state index in [1.165, 1.54) is 5.56 Å². The smallest absolute Gasteiger partial charge is 0.255 e. The molecule has 4 nitrogen and oxygen atoms in total. The minimum absolute atomic E-state index is 0.134. The molecule has 0 unspecified atom stereocenters. The standard InChI is InChI=1S/C16H16N2O2/c1-10-8-13(3-5-15(10)19)18-16(20)12-2-4-14-11(9-12)6-7-17-14/h2-5,8-9,17,19H,6-7H2,1H3,(H,18,20). The summed E-state index contributed by atoms with van der Waals surface area (Å²) >= 11 is 0. The maximum atomic E-state index is 12.2. The number of carbonyl (C=O) groups excluding carboxylic acids is 1. The van der Waals surface area contributed by atoms with Gasteiger partial charge in [0.05, 0.1) is 0 Å². The highest BCUT2D eigenvalue weighted by Gasteiger charge is 2.13. The van der Waals surface area contributed by atoms with Crippen molar-refractivity contribution in [3.63, 3.8) is 0 Å². The van der Waals surface area contributed by atoms with Crippen LogP contribution in [0.4, 0.5) is 11.4 Å². The monoisotopic (exact) mass is 268 g/mol. The molecule has 3 N–H and O–H groups in total. The van der Waals surface area contributed by atoms with Gasteiger partial charge in [-0.1, -0.05) is 0 Å². The number of nitrogens with one attached hydrogen (secondary N) is 2. The first-order valence-corrected chi connectivity index (χ1v) is 6.61. The van der Waals surface area contributed by atoms with Gasteiger partial charge in [0.25, 0.3) is 5.91 Å². The molecule has 0 atom stereocenters. The van der Waals surface area contributed by atoms with Crippen LogP contribution in [0.25, 0.3) is 0 Å². The van der Waals surface area contributed by atoms with E-state index in [0.717, 1.165) is 24.2 Å². The lowest BCUT2D eigenvalue weighted by Gasteiger charge is -2.08. The van der Waals surface area contributed by atoms with Gasteiger partial charge in [-0.2, -0.15) is 0 Å². The van der Waals surface area contributed by atoms with Gasteiger partial charge in [0.1, 0.15) is 5.75 Å². The first kappa shape index (κ1) is 12.5. The van der Waals surface area contributed by atoms with Crippen molar-refractivity contribution in [2.24, 2.45) is 0 Å². The number of carbonyl (C=O) groups is 1. The first-order valence-electron chi connectivity index (χ1n) is 6.61. The summed E-state index contributed by atoms with van der Waals surface area (Å²) in [6, 6.07) is 10.7. The number of aryl methyl sites for hydroxylation is 1. The van der Waals surface area contributed by atoms with E-state index in [2.05, 4.69) is 10.6 Å². The zero-order valence-corrected chi connectivity index (χ0v) is 11.2. The zero-order valence-electron chi connectivity index (χ0n) is 11.2. The summed E-state index contributed by atoms with van der Waals surface area (Å²) in [5.41, 5.74) is 4.37. The zero-order chi connectivity index (χ0) is 14.1. The Bertz CT molecular complexity index is 680. The summed E-state index contributed by atoms with van der Waals surface area (Å²) in [5.74, 6) is 0.0939. The number of phenolic OH excluding ortho intramolecular Hbond substituents is 1. The van der Waals surface area contributed by atoms with E-state index in [-0.39, 0.29) is 11.7 Å². The van der Waals surface area contributed by atoms with Crippen LogP contribution in [-0.4, -0.2) is 17.6 Å². The Morgan fingerprint density at radius 2 is 2.10 bits per heavy atom. The lowest BCUT2D eigenvalue weighted by Crippen LogP contribution is -2.12. The fraction of sp³-hybridized carbons (Fsp3) is 0.188. The van der Waals surface area contributed by atoms with Gasteiger partial charge < -0.3 is 15.7 Å². The van der Waals surface area contributed by atoms with Crippen molar-refractivity contribution in [3.05, 3.63) is 53.1 Å². The van der Waals surface area contributed by atoms with E-state index in [0.29, 0.717) is 11.3 Å². The highest BCUT2D eigenvalue weighted by atomic mass is 16.3. The molecule has 1 aliphatic rings. The first-order chi connectivity index (χ1) is 9.63. The topological polar surface area (TPSA) is 61.4 Å². The van der Waals surface area contributed by atoms with E-state index in [4.69, 9.17) is 0 Å². The van der Waals surface area contributed by atoms with Crippen molar-refractivity contribution in [1.82, 2.24) is 0 Å². The third kappa shape index (κ3) is 2.32. The van der Waals surface area contributed by atoms with Crippen LogP contribution in [0, 0.1) is 6.92 Å². The van der Waals surface area contributed by atoms with Crippen molar-refractivity contribution in [3.8, 4) is 5.75 Å². The Morgan fingerprint density at radius 3 is 2.90 bits per heavy atom. The molecule has 102 valence electrons. The number of hydrogen-bond acceptors (Lipinski definition) is 3. The van der Waals surface area contributed by atoms with Crippen LogP contribution in [-0.2, 0) is 6.42 Å². The second-order valence-electron chi connectivity index (χ2n) is 5.00. The minimum Gasteiger partial charge on any atom is -0.508 e. The summed E-state index contributed by atoms with van der Waals surface area (Å²) in [6.45, 7) is 2.73. The maximum absolute atomic E-state index is 12.2. The molecule has 0 saturated carbocycles. The Balaban J connectivity index is 1.80. The van der Waals surface area contributed by atoms with Gasteiger partial charge in [-0.3, -0.25) is 4.79 Å². The second-order valence-corrected chi connectivity index (χ2v) is 5.00. The summed E-state index contributed by atoms with van der Waals surface area (Å²) in [5, 5.41) is 15.6. The Morgan fingerprint density at radius 1 is 1.25 bits per heavy atom. The van der Waals surface area contributed by atoms with Gasteiger partial charge in [-0.15, -0.1) is 0 Å². The summed E-state index contributed by atoms with van der Waals surface area (Å²) in [6.07, 6.45) is 0.953. The molecule has 1 heterocycles. The van der Waals surface area contributed by atoms with Crippen LogP contribution >= 0.6 is 0 Å². The minimum atomic E-state index is -0.134. The molecular weight excluding hydrogens is 252 g/mol. The van der Waals surface area contributed by atoms with E-state index in [1.54, 1.807) is 25.1 Å². The van der Waals surface area contributed by atoms with E-state index < -0.39 is 0 Å². The lowest BCUT2D eigenvalue weighted by molar-refractivity contribution is 0.102. The van der Waals surface area contributed by atoms with E-state index in [1.807, 2.05) is 18.2 Å². The number of amides is 1. The number of aromatic hydroxyl groups is 1. The Hall–Kier alpha value is -2.49. The predicted octanol–water partition coefficient (Wildman–Crippen LogP) is 2.92. The fourth-order valence-electron chi connectivity index (χ4n) is 2.38. The van der Waals surface area contributed by atoms with Crippen LogP contribution < -0.4 is 10.6 Å². The molecule has 2 aromatic carbocycles. The molecule has 0 spiro atoms. The summed E-state index contributed by atoms with van der Waals surface area (Å²) in [7, 11) is 0. The average molecular weight is 268 g/mol. The van der Waals surface area contributed by atoms with Crippen LogP contribution in [0.3, 0.4) is 0 Å². The van der Waals surface area contributed by atoms with Gasteiger partial charge in [0.2, 0.25) is 0 Å². The summed E-state index contributed by atoms with van der Waals surface area (Å²) < 4.78 is 0. The average Bonchev–Trinajstić information content (AvgIpc) is 2.90. The third-order valence-electron chi connectivity index (χ3n) is 3.53. The SMILES string of the molecule is Cc1cc(NC(=O)c2ccc3c(c2)CCN3)ccc1O. The highest BCUT2D eigenvalue weighted by Crippen LogP contribution is 2.24. The Labute approximate surface area is 117 Å². The summed E-state index contributed by atoms with van der Waals surface area (Å²) in [4.78, 5) is 12.2. The number of benzene rings is 2. The van der Waals surface area contributed by atoms with Gasteiger partial charge >= 0.3 is 0 Å². The third-order valence-corrected chi connectivity index (χ3v) is 3.53. The molecule has 0 radical (unpaired) electrons. The number of rotatable bonds is 2. The fourth-order valence-corrected chi connectivity index (χ4v) is 2.38. The quantitative estimate of drug-likeness (QED) is 0.734. The van der Waals surface area contributed by atoms with Crippen LogP contribution in [0.1, 0.15) is 21.5 Å². The highest BCUT2D eigenvalue weighted by molar-refractivity contribution is 6.04. The van der Waals surface area contributed by atoms with Crippen molar-refractivity contribution >= 4 is 17.3 Å². The van der Waals surface area contributed by atoms with Crippen molar-refractivity contribution in [1.29, 1.82) is 0 Å². The molecule has 0 aromatic heterocycles. The number of anilines is 2. The molecular formula is C16H16N2O2. The van der Waals surface area contributed by atoms with E-state index in [9.17, 15) is 9.90 Å². The molecule has 0 aliphatic carbocycles. The van der Waals surface area contributed by atoms with Gasteiger partial charge in [0, 0.05) is 23.5 Å². The normalized spacial score (nSPS) is 12.7. The van der Waals surface area contributed by atoms with Crippen molar-refractivity contribution in [2.75, 3.05) is 17.2 Å². The number of phenols is 1. The van der Waals surface area contributed by atoms with E-state index >= 15 is 0 Å². The molecule has 2 aromatic rings. The van der Waals surface area contributed by atoms with Crippen LogP contribution in [0.2, 0.25) is 0 Å². The van der Waals surface area contributed by atoms with Crippen molar-refractivity contribution < 1.29 is 9.90 Å². The molecule has 1 amide bonds. The molecule has 20 heavy (non-hydrogen) atoms. The molecule has 0 saturated heterocycles. The molecule has 4 heteroatoms. The van der Waals surface area contributed by atoms with Crippen LogP contribution in [0.15, 0.2) is 36.4 Å². The maximum Gasteiger partial charge on any atom is 0.255 e. The predicted molar refractivity (Wildman–Crippen MR) is 79.4 cm³/mol. The second kappa shape index (κ2) is 4.89. The molecule has 1 aliphatic heterocycles. The van der Waals surface area contributed by atoms with Crippen LogP contribution in [0.5, 0.6) is 5.75 Å². The van der Waals surface area contributed by atoms with Crippen molar-refractivity contribution in [2.45, 2.75) is 13.3 Å². The number of hydrogen-bond donors (Lipinski definition) is 3. The van der Waals surface area contributed by atoms with Gasteiger partial charge in [-0.05, 0) is 60.9 Å². The lowest BCUT2D eigenvalue weighted by atomic mass is 10.1. The largest absolute Gasteiger partial charge is 0.508 e. The molecule has 3 rings (SSSR count). The van der Waals surface area contributed by atoms with Gasteiger partial charge in [-0.25, -0.2) is 0 Å². The van der Waals surface area contributed by atoms with Gasteiger partial charge in [0.15, 0.2) is 0 Å². The number of fused-ring (bicyclic) bond motifs is 1.